The van der Waals surface area contributed by atoms with Gasteiger partial charge in [-0.2, -0.15) is 0 Å². The van der Waals surface area contributed by atoms with E-state index in [1.807, 2.05) is 0 Å². The number of rotatable bonds is 4. The fourth-order valence-corrected chi connectivity index (χ4v) is 2.17. The Morgan fingerprint density at radius 3 is 2.75 bits per heavy atom. The molecule has 4 nitrogen and oxygen atoms in total. The third-order valence-electron chi connectivity index (χ3n) is 3.67. The molecule has 2 unspecified atom stereocenters. The molecular formula is C12H25N3O. The molecule has 1 saturated heterocycles. The summed E-state index contributed by atoms with van der Waals surface area (Å²) >= 11 is 0. The minimum absolute atomic E-state index is 0.407. The lowest BCUT2D eigenvalue weighted by Crippen LogP contribution is -2.51. The maximum absolute atomic E-state index is 11.1. The van der Waals surface area contributed by atoms with Gasteiger partial charge >= 0.3 is 0 Å². The molecule has 1 amide bonds. The molecule has 2 atom stereocenters. The van der Waals surface area contributed by atoms with Gasteiger partial charge in [-0.25, -0.2) is 0 Å². The van der Waals surface area contributed by atoms with E-state index in [1.54, 1.807) is 6.92 Å². The molecule has 0 aromatic heterocycles. The number of likely N-dealkylation sites (tertiary alicyclic amines) is 1. The van der Waals surface area contributed by atoms with E-state index in [4.69, 9.17) is 11.5 Å². The minimum atomic E-state index is -0.869. The van der Waals surface area contributed by atoms with Crippen molar-refractivity contribution in [2.24, 2.45) is 11.5 Å². The van der Waals surface area contributed by atoms with Crippen LogP contribution in [0.1, 0.15) is 46.0 Å². The predicted molar refractivity (Wildman–Crippen MR) is 65.9 cm³/mol. The maximum Gasteiger partial charge on any atom is 0.237 e. The average Bonchev–Trinajstić information content (AvgIpc) is 2.40. The van der Waals surface area contributed by atoms with Gasteiger partial charge in [0.2, 0.25) is 5.91 Å². The number of amides is 1. The van der Waals surface area contributed by atoms with Crippen LogP contribution in [0, 0.1) is 0 Å². The second kappa shape index (κ2) is 5.64. The molecular weight excluding hydrogens is 202 g/mol. The van der Waals surface area contributed by atoms with Crippen molar-refractivity contribution in [2.45, 2.75) is 57.5 Å². The number of primary amides is 1. The van der Waals surface area contributed by atoms with Gasteiger partial charge in [-0.3, -0.25) is 4.79 Å². The normalized spacial score (nSPS) is 27.1. The summed E-state index contributed by atoms with van der Waals surface area (Å²) in [6.07, 6.45) is 5.77. The average molecular weight is 227 g/mol. The third-order valence-corrected chi connectivity index (χ3v) is 3.67. The third kappa shape index (κ3) is 3.76. The van der Waals surface area contributed by atoms with Crippen LogP contribution < -0.4 is 11.5 Å². The Balaban J connectivity index is 2.43. The van der Waals surface area contributed by atoms with Crippen LogP contribution in [0.4, 0.5) is 0 Å². The van der Waals surface area contributed by atoms with E-state index >= 15 is 0 Å². The quantitative estimate of drug-likeness (QED) is 0.747. The number of hydrogen-bond donors (Lipinski definition) is 2. The molecule has 0 saturated carbocycles. The summed E-state index contributed by atoms with van der Waals surface area (Å²) in [6.45, 7) is 5.97. The van der Waals surface area contributed by atoms with Gasteiger partial charge in [-0.15, -0.1) is 0 Å². The van der Waals surface area contributed by atoms with Crippen LogP contribution >= 0.6 is 0 Å². The van der Waals surface area contributed by atoms with Gasteiger partial charge in [0.25, 0.3) is 0 Å². The number of nitrogens with two attached hydrogens (primary N) is 2. The van der Waals surface area contributed by atoms with Gasteiger partial charge < -0.3 is 16.4 Å². The highest BCUT2D eigenvalue weighted by Crippen LogP contribution is 2.17. The number of carbonyl (C=O) groups excluding carboxylic acids is 1. The molecule has 16 heavy (non-hydrogen) atoms. The van der Waals surface area contributed by atoms with Crippen molar-refractivity contribution < 1.29 is 4.79 Å². The molecule has 0 aliphatic carbocycles. The molecule has 0 aromatic rings. The molecule has 4 N–H and O–H groups in total. The molecule has 1 rings (SSSR count). The highest BCUT2D eigenvalue weighted by molar-refractivity contribution is 5.83. The molecule has 4 heteroatoms. The molecule has 94 valence electrons. The zero-order chi connectivity index (χ0) is 12.2. The van der Waals surface area contributed by atoms with Gasteiger partial charge in [0, 0.05) is 12.6 Å². The molecule has 1 heterocycles. The van der Waals surface area contributed by atoms with E-state index in [1.165, 1.54) is 25.7 Å². The van der Waals surface area contributed by atoms with Crippen LogP contribution in [-0.4, -0.2) is 35.5 Å². The second-order valence-corrected chi connectivity index (χ2v) is 5.27. The van der Waals surface area contributed by atoms with Crippen LogP contribution in [0.25, 0.3) is 0 Å². The van der Waals surface area contributed by atoms with Crippen molar-refractivity contribution in [1.82, 2.24) is 4.90 Å². The van der Waals surface area contributed by atoms with E-state index in [0.717, 1.165) is 13.1 Å². The molecule has 0 spiro atoms. The van der Waals surface area contributed by atoms with E-state index in [2.05, 4.69) is 11.8 Å². The van der Waals surface area contributed by atoms with E-state index < -0.39 is 11.4 Å². The van der Waals surface area contributed by atoms with Crippen LogP contribution in [0.2, 0.25) is 0 Å². The Bertz CT molecular complexity index is 240. The fourth-order valence-electron chi connectivity index (χ4n) is 2.17. The Labute approximate surface area is 98.3 Å². The Morgan fingerprint density at radius 1 is 1.44 bits per heavy atom. The zero-order valence-corrected chi connectivity index (χ0v) is 10.5. The summed E-state index contributed by atoms with van der Waals surface area (Å²) in [5.74, 6) is -0.407. The van der Waals surface area contributed by atoms with Crippen LogP contribution in [0.3, 0.4) is 0 Å². The molecule has 0 radical (unpaired) electrons. The summed E-state index contributed by atoms with van der Waals surface area (Å²) in [6, 6.07) is 0.603. The zero-order valence-electron chi connectivity index (χ0n) is 10.5. The molecule has 1 aliphatic heterocycles. The Hall–Kier alpha value is -0.610. The predicted octanol–water partition coefficient (Wildman–Crippen LogP) is 0.844. The summed E-state index contributed by atoms with van der Waals surface area (Å²) in [5, 5.41) is 0. The smallest absolute Gasteiger partial charge is 0.237 e. The lowest BCUT2D eigenvalue weighted by molar-refractivity contribution is -0.122. The van der Waals surface area contributed by atoms with E-state index in [0.29, 0.717) is 12.5 Å². The SMILES string of the molecule is CC1CCCCCN1CCC(C)(N)C(N)=O. The van der Waals surface area contributed by atoms with Crippen molar-refractivity contribution in [3.8, 4) is 0 Å². The summed E-state index contributed by atoms with van der Waals surface area (Å²) in [4.78, 5) is 13.6. The second-order valence-electron chi connectivity index (χ2n) is 5.27. The first-order chi connectivity index (χ1) is 7.43. The highest BCUT2D eigenvalue weighted by Gasteiger charge is 2.27. The van der Waals surface area contributed by atoms with Crippen LogP contribution in [0.5, 0.6) is 0 Å². The fraction of sp³-hybridized carbons (Fsp3) is 0.917. The monoisotopic (exact) mass is 227 g/mol. The van der Waals surface area contributed by atoms with Crippen molar-refractivity contribution in [1.29, 1.82) is 0 Å². The molecule has 1 fully saturated rings. The lowest BCUT2D eigenvalue weighted by Gasteiger charge is -2.30. The summed E-state index contributed by atoms with van der Waals surface area (Å²) in [5.41, 5.74) is 10.3. The van der Waals surface area contributed by atoms with Gasteiger partial charge in [0.1, 0.15) is 0 Å². The highest BCUT2D eigenvalue weighted by atomic mass is 16.1. The van der Waals surface area contributed by atoms with Crippen molar-refractivity contribution in [3.63, 3.8) is 0 Å². The van der Waals surface area contributed by atoms with Crippen molar-refractivity contribution in [2.75, 3.05) is 13.1 Å². The summed E-state index contributed by atoms with van der Waals surface area (Å²) in [7, 11) is 0. The standard InChI is InChI=1S/C12H25N3O/c1-10-6-4-3-5-8-15(10)9-7-12(2,14)11(13)16/h10H,3-9,14H2,1-2H3,(H2,13,16). The minimum Gasteiger partial charge on any atom is -0.368 e. The number of hydrogen-bond acceptors (Lipinski definition) is 3. The van der Waals surface area contributed by atoms with Crippen molar-refractivity contribution in [3.05, 3.63) is 0 Å². The topological polar surface area (TPSA) is 72.3 Å². The molecule has 1 aliphatic rings. The van der Waals surface area contributed by atoms with Gasteiger partial charge in [-0.05, 0) is 39.7 Å². The Morgan fingerprint density at radius 2 is 2.12 bits per heavy atom. The first-order valence-electron chi connectivity index (χ1n) is 6.26. The van der Waals surface area contributed by atoms with Crippen LogP contribution in [0.15, 0.2) is 0 Å². The number of nitrogens with zero attached hydrogens (tertiary/aromatic N) is 1. The maximum atomic E-state index is 11.1. The van der Waals surface area contributed by atoms with E-state index in [9.17, 15) is 4.79 Å². The molecule has 0 bridgehead atoms. The van der Waals surface area contributed by atoms with Gasteiger partial charge in [0.05, 0.1) is 5.54 Å². The molecule has 0 aromatic carbocycles. The first-order valence-corrected chi connectivity index (χ1v) is 6.26. The van der Waals surface area contributed by atoms with Crippen molar-refractivity contribution >= 4 is 5.91 Å². The number of carbonyl (C=O) groups is 1. The van der Waals surface area contributed by atoms with E-state index in [-0.39, 0.29) is 0 Å². The van der Waals surface area contributed by atoms with Gasteiger partial charge in [-0.1, -0.05) is 12.8 Å². The Kier molecular flexibility index (Phi) is 4.74. The van der Waals surface area contributed by atoms with Gasteiger partial charge in [0.15, 0.2) is 0 Å². The largest absolute Gasteiger partial charge is 0.368 e. The van der Waals surface area contributed by atoms with Crippen LogP contribution in [-0.2, 0) is 4.79 Å². The first kappa shape index (κ1) is 13.5. The lowest BCUT2D eigenvalue weighted by atomic mass is 9.98. The summed E-state index contributed by atoms with van der Waals surface area (Å²) < 4.78 is 0.